The van der Waals surface area contributed by atoms with E-state index >= 15 is 0 Å². The van der Waals surface area contributed by atoms with Gasteiger partial charge in [0.25, 0.3) is 0 Å². The lowest BCUT2D eigenvalue weighted by Gasteiger charge is -2.21. The molecule has 1 aromatic rings. The normalized spacial score (nSPS) is 15.0. The third-order valence-electron chi connectivity index (χ3n) is 5.10. The molecule has 156 valence electrons. The predicted octanol–water partition coefficient (Wildman–Crippen LogP) is 2.46. The Labute approximate surface area is 168 Å². The highest BCUT2D eigenvalue weighted by Crippen LogP contribution is 2.26. The Hall–Kier alpha value is -2.44. The molecule has 2 rings (SSSR count). The SMILES string of the molecule is CN=C(NCCNC(=O)CC1CCCCC1)NCc1ccc(OC)cc1OC. The summed E-state index contributed by atoms with van der Waals surface area (Å²) < 4.78 is 10.6. The first-order valence-corrected chi connectivity index (χ1v) is 10.1. The monoisotopic (exact) mass is 390 g/mol. The number of nitrogens with zero attached hydrogens (tertiary/aromatic N) is 1. The molecule has 0 aromatic heterocycles. The molecule has 0 unspecified atom stereocenters. The fraction of sp³-hybridized carbons (Fsp3) is 0.619. The number of ether oxygens (including phenoxy) is 2. The highest BCUT2D eigenvalue weighted by molar-refractivity contribution is 5.80. The quantitative estimate of drug-likeness (QED) is 0.343. The number of carbonyl (C=O) groups excluding carboxylic acids is 1. The van der Waals surface area contributed by atoms with E-state index in [0.29, 0.717) is 37.9 Å². The Kier molecular flexibility index (Phi) is 9.45. The molecule has 1 saturated carbocycles. The maximum Gasteiger partial charge on any atom is 0.220 e. The van der Waals surface area contributed by atoms with Crippen LogP contribution in [0.1, 0.15) is 44.1 Å². The van der Waals surface area contributed by atoms with Gasteiger partial charge in [-0.2, -0.15) is 0 Å². The van der Waals surface area contributed by atoms with E-state index in [1.54, 1.807) is 21.3 Å². The maximum atomic E-state index is 12.1. The topological polar surface area (TPSA) is 84.0 Å². The van der Waals surface area contributed by atoms with E-state index in [0.717, 1.165) is 17.1 Å². The van der Waals surface area contributed by atoms with Gasteiger partial charge in [-0.05, 0) is 30.9 Å². The average molecular weight is 391 g/mol. The molecule has 28 heavy (non-hydrogen) atoms. The van der Waals surface area contributed by atoms with Crippen molar-refractivity contribution in [2.45, 2.75) is 45.1 Å². The molecule has 3 N–H and O–H groups in total. The lowest BCUT2D eigenvalue weighted by molar-refractivity contribution is -0.122. The van der Waals surface area contributed by atoms with Crippen LogP contribution in [0, 0.1) is 5.92 Å². The van der Waals surface area contributed by atoms with Crippen LogP contribution in [0.25, 0.3) is 0 Å². The summed E-state index contributed by atoms with van der Waals surface area (Å²) in [5.41, 5.74) is 1.01. The number of benzene rings is 1. The third kappa shape index (κ3) is 7.29. The van der Waals surface area contributed by atoms with E-state index in [1.807, 2.05) is 18.2 Å². The van der Waals surface area contributed by atoms with Gasteiger partial charge < -0.3 is 25.4 Å². The zero-order valence-corrected chi connectivity index (χ0v) is 17.3. The van der Waals surface area contributed by atoms with Gasteiger partial charge in [-0.3, -0.25) is 9.79 Å². The van der Waals surface area contributed by atoms with Crippen LogP contribution in [0.5, 0.6) is 11.5 Å². The molecule has 1 amide bonds. The minimum atomic E-state index is 0.152. The fourth-order valence-corrected chi connectivity index (χ4v) is 3.51. The summed E-state index contributed by atoms with van der Waals surface area (Å²) in [4.78, 5) is 16.3. The lowest BCUT2D eigenvalue weighted by Crippen LogP contribution is -2.41. The first-order valence-electron chi connectivity index (χ1n) is 10.1. The van der Waals surface area contributed by atoms with Gasteiger partial charge in [-0.1, -0.05) is 19.3 Å². The molecule has 0 spiro atoms. The Morgan fingerprint density at radius 3 is 2.50 bits per heavy atom. The molecular formula is C21H34N4O3. The highest BCUT2D eigenvalue weighted by atomic mass is 16.5. The zero-order chi connectivity index (χ0) is 20.2. The smallest absolute Gasteiger partial charge is 0.220 e. The van der Waals surface area contributed by atoms with Crippen molar-refractivity contribution in [3.63, 3.8) is 0 Å². The number of aliphatic imine (C=N–C) groups is 1. The van der Waals surface area contributed by atoms with E-state index in [1.165, 1.54) is 32.1 Å². The average Bonchev–Trinajstić information content (AvgIpc) is 2.73. The summed E-state index contributed by atoms with van der Waals surface area (Å²) in [5.74, 6) is 2.92. The van der Waals surface area contributed by atoms with Crippen LogP contribution in [0.2, 0.25) is 0 Å². The number of hydrogen-bond acceptors (Lipinski definition) is 4. The molecule has 0 saturated heterocycles. The Morgan fingerprint density at radius 2 is 1.82 bits per heavy atom. The van der Waals surface area contributed by atoms with Gasteiger partial charge in [-0.15, -0.1) is 0 Å². The van der Waals surface area contributed by atoms with Gasteiger partial charge in [0.15, 0.2) is 5.96 Å². The third-order valence-corrected chi connectivity index (χ3v) is 5.10. The number of nitrogens with one attached hydrogen (secondary N) is 3. The molecule has 0 radical (unpaired) electrons. The molecule has 0 bridgehead atoms. The molecule has 1 fully saturated rings. The molecule has 1 aliphatic rings. The molecule has 0 atom stereocenters. The molecule has 7 heteroatoms. The first kappa shape index (κ1) is 21.9. The van der Waals surface area contributed by atoms with Crippen molar-refractivity contribution < 1.29 is 14.3 Å². The van der Waals surface area contributed by atoms with Crippen LogP contribution < -0.4 is 25.4 Å². The van der Waals surface area contributed by atoms with Crippen molar-refractivity contribution in [2.24, 2.45) is 10.9 Å². The standard InChI is InChI=1S/C21H34N4O3/c1-22-21(25-15-17-9-10-18(27-2)14-19(17)28-3)24-12-11-23-20(26)13-16-7-5-4-6-8-16/h9-10,14,16H,4-8,11-13,15H2,1-3H3,(H,23,26)(H2,22,24,25). The van der Waals surface area contributed by atoms with Gasteiger partial charge in [0.1, 0.15) is 11.5 Å². The van der Waals surface area contributed by atoms with E-state index in [9.17, 15) is 4.79 Å². The molecule has 1 aliphatic carbocycles. The molecule has 0 heterocycles. The van der Waals surface area contributed by atoms with Crippen molar-refractivity contribution in [1.82, 2.24) is 16.0 Å². The molecule has 1 aromatic carbocycles. The van der Waals surface area contributed by atoms with Gasteiger partial charge >= 0.3 is 0 Å². The van der Waals surface area contributed by atoms with Gasteiger partial charge in [0.2, 0.25) is 5.91 Å². The summed E-state index contributed by atoms with van der Waals surface area (Å²) in [7, 11) is 5.00. The van der Waals surface area contributed by atoms with Crippen LogP contribution in [0.3, 0.4) is 0 Å². The van der Waals surface area contributed by atoms with Crippen molar-refractivity contribution in [1.29, 1.82) is 0 Å². The maximum absolute atomic E-state index is 12.1. The van der Waals surface area contributed by atoms with E-state index in [4.69, 9.17) is 9.47 Å². The number of amides is 1. The van der Waals surface area contributed by atoms with Crippen LogP contribution >= 0.6 is 0 Å². The summed E-state index contributed by atoms with van der Waals surface area (Å²) in [5, 5.41) is 9.47. The zero-order valence-electron chi connectivity index (χ0n) is 17.3. The van der Waals surface area contributed by atoms with Crippen LogP contribution in [-0.2, 0) is 11.3 Å². The highest BCUT2D eigenvalue weighted by Gasteiger charge is 2.16. The van der Waals surface area contributed by atoms with Crippen molar-refractivity contribution in [3.05, 3.63) is 23.8 Å². The Balaban J connectivity index is 1.68. The van der Waals surface area contributed by atoms with Gasteiger partial charge in [0.05, 0.1) is 14.2 Å². The first-order chi connectivity index (χ1) is 13.7. The fourth-order valence-electron chi connectivity index (χ4n) is 3.51. The summed E-state index contributed by atoms with van der Waals surface area (Å²) in [6.07, 6.45) is 6.88. The Morgan fingerprint density at radius 1 is 1.07 bits per heavy atom. The minimum absolute atomic E-state index is 0.152. The molecule has 7 nitrogen and oxygen atoms in total. The molecular weight excluding hydrogens is 356 g/mol. The minimum Gasteiger partial charge on any atom is -0.497 e. The summed E-state index contributed by atoms with van der Waals surface area (Å²) in [6.45, 7) is 1.77. The second kappa shape index (κ2) is 12.1. The van der Waals surface area contributed by atoms with Gasteiger partial charge in [-0.25, -0.2) is 0 Å². The summed E-state index contributed by atoms with van der Waals surface area (Å²) in [6, 6.07) is 5.72. The summed E-state index contributed by atoms with van der Waals surface area (Å²) >= 11 is 0. The van der Waals surface area contributed by atoms with E-state index in [2.05, 4.69) is 20.9 Å². The number of guanidine groups is 1. The van der Waals surface area contributed by atoms with Crippen LogP contribution in [0.15, 0.2) is 23.2 Å². The van der Waals surface area contributed by atoms with Crippen molar-refractivity contribution >= 4 is 11.9 Å². The number of hydrogen-bond donors (Lipinski definition) is 3. The number of carbonyl (C=O) groups is 1. The lowest BCUT2D eigenvalue weighted by atomic mass is 9.87. The second-order valence-corrected chi connectivity index (χ2v) is 7.09. The van der Waals surface area contributed by atoms with Crippen LogP contribution in [0.4, 0.5) is 0 Å². The predicted molar refractivity (Wildman–Crippen MR) is 112 cm³/mol. The largest absolute Gasteiger partial charge is 0.497 e. The van der Waals surface area contributed by atoms with E-state index < -0.39 is 0 Å². The Bertz CT molecular complexity index is 643. The number of methoxy groups -OCH3 is 2. The van der Waals surface area contributed by atoms with Gasteiger partial charge in [0, 0.05) is 44.7 Å². The van der Waals surface area contributed by atoms with E-state index in [-0.39, 0.29) is 5.91 Å². The van der Waals surface area contributed by atoms with Crippen molar-refractivity contribution in [3.8, 4) is 11.5 Å². The second-order valence-electron chi connectivity index (χ2n) is 7.09. The van der Waals surface area contributed by atoms with Crippen molar-refractivity contribution in [2.75, 3.05) is 34.4 Å². The molecule has 0 aliphatic heterocycles. The van der Waals surface area contributed by atoms with Crippen LogP contribution in [-0.4, -0.2) is 46.2 Å². The number of rotatable bonds is 9.